The normalized spacial score (nSPS) is 17.5. The van der Waals surface area contributed by atoms with Crippen molar-refractivity contribution >= 4 is 69.9 Å². The molecule has 7 aromatic carbocycles. The van der Waals surface area contributed by atoms with E-state index >= 15 is 0 Å². The standard InChI is InChI=1S/C84H84N6O14/c1-53-18-24-59(25-19-53)64-41-65-29-28-61-43-76(75(101-3)44-69(61)80(97)87(65)50-64)103-37-11-36-102-74-45-72-70(38-54(74)2)81(98)89-52-84(34-35-84)46-73(89)82(99)90(72)83(100)104-51-57-22-20-56(21-23-57)40-67(92)48-86-79(96)63(39-55-12-5-4-6-13-55)42-68(93)47-85-77(94)32-30-66(91)31-33-78(95)88-49-62-16-8-7-14-58(62)26-27-60-15-9-10-17-71(60)88/h4-10,12-25,38,43-45,50,63,65,73,82,99H,11,28-37,39-42,46-49,51-52H2,1-3H3,(H,85,94)(H,86,96)/t63-,65-,73+,82?/m1/s1. The molecule has 2 fully saturated rings. The van der Waals surface area contributed by atoms with Gasteiger partial charge in [0.25, 0.3) is 11.8 Å². The summed E-state index contributed by atoms with van der Waals surface area (Å²) in [6, 6.07) is 45.7. The molecule has 20 heteroatoms. The Bertz CT molecular complexity index is 4590. The second kappa shape index (κ2) is 31.6. The van der Waals surface area contributed by atoms with Crippen LogP contribution in [0.1, 0.15) is 147 Å². The molecular formula is C84H84N6O14. The number of para-hydroxylation sites is 1. The summed E-state index contributed by atoms with van der Waals surface area (Å²) in [6.07, 6.45) is 4.19. The smallest absolute Gasteiger partial charge is 0.416 e. The highest BCUT2D eigenvalue weighted by Gasteiger charge is 2.58. The van der Waals surface area contributed by atoms with E-state index in [0.717, 1.165) is 64.0 Å². The van der Waals surface area contributed by atoms with E-state index in [2.05, 4.69) is 53.7 Å². The van der Waals surface area contributed by atoms with Gasteiger partial charge in [0, 0.05) is 92.4 Å². The summed E-state index contributed by atoms with van der Waals surface area (Å²) in [5, 5.41) is 17.5. The number of hydrogen-bond donors (Lipinski definition) is 3. The molecule has 7 aromatic rings. The fraction of sp³-hybridized carbons (Fsp3) is 0.345. The number of amides is 6. The number of anilines is 2. The largest absolute Gasteiger partial charge is 0.493 e. The van der Waals surface area contributed by atoms with E-state index in [4.69, 9.17) is 18.9 Å². The Morgan fingerprint density at radius 1 is 0.663 bits per heavy atom. The van der Waals surface area contributed by atoms with Gasteiger partial charge in [-0.25, -0.2) is 9.69 Å². The Morgan fingerprint density at radius 2 is 1.37 bits per heavy atom. The minimum atomic E-state index is -1.44. The summed E-state index contributed by atoms with van der Waals surface area (Å²) in [5.41, 5.74) is 10.9. The molecule has 6 amide bonds. The summed E-state index contributed by atoms with van der Waals surface area (Å²) < 4.78 is 24.3. The number of rotatable bonds is 27. The lowest BCUT2D eigenvalue weighted by molar-refractivity contribution is -0.131. The Labute approximate surface area is 604 Å². The average molecular weight is 1400 g/mol. The Balaban J connectivity index is 0.576. The number of carbonyl (C=O) groups is 9. The Morgan fingerprint density at radius 3 is 2.13 bits per heavy atom. The highest BCUT2D eigenvalue weighted by molar-refractivity contribution is 6.06. The second-order valence-corrected chi connectivity index (χ2v) is 28.1. The topological polar surface area (TPSA) is 248 Å². The number of methoxy groups -OCH3 is 1. The van der Waals surface area contributed by atoms with Crippen LogP contribution >= 0.6 is 0 Å². The first kappa shape index (κ1) is 71.2. The van der Waals surface area contributed by atoms with Crippen LogP contribution in [0.3, 0.4) is 0 Å². The van der Waals surface area contributed by atoms with Crippen molar-refractivity contribution in [2.45, 2.75) is 135 Å². The first-order valence-electron chi connectivity index (χ1n) is 35.7. The third-order valence-electron chi connectivity index (χ3n) is 20.6. The van der Waals surface area contributed by atoms with E-state index in [1.54, 1.807) is 59.4 Å². The van der Waals surface area contributed by atoms with E-state index in [0.29, 0.717) is 76.6 Å². The van der Waals surface area contributed by atoms with Crippen LogP contribution in [0.15, 0.2) is 158 Å². The Hall–Kier alpha value is -11.2. The van der Waals surface area contributed by atoms with E-state index in [1.807, 2.05) is 103 Å². The van der Waals surface area contributed by atoms with Crippen LogP contribution in [0, 0.1) is 37.0 Å². The van der Waals surface area contributed by atoms with Crippen LogP contribution in [0.5, 0.6) is 17.2 Å². The van der Waals surface area contributed by atoms with Crippen molar-refractivity contribution in [1.82, 2.24) is 20.4 Å². The molecule has 1 saturated carbocycles. The van der Waals surface area contributed by atoms with Crippen LogP contribution in [-0.4, -0.2) is 126 Å². The lowest BCUT2D eigenvalue weighted by atomic mass is 9.93. The first-order valence-corrected chi connectivity index (χ1v) is 35.7. The van der Waals surface area contributed by atoms with Crippen LogP contribution in [0.4, 0.5) is 16.2 Å². The van der Waals surface area contributed by atoms with Gasteiger partial charge < -0.3 is 49.4 Å². The van der Waals surface area contributed by atoms with Gasteiger partial charge in [-0.3, -0.25) is 38.4 Å². The van der Waals surface area contributed by atoms with Crippen LogP contribution in [0.2, 0.25) is 0 Å². The molecule has 1 aliphatic carbocycles. The number of nitrogens with zero attached hydrogens (tertiary/aromatic N) is 4. The predicted octanol–water partition coefficient (Wildman–Crippen LogP) is 11.1. The van der Waals surface area contributed by atoms with Gasteiger partial charge in [0.15, 0.2) is 29.3 Å². The van der Waals surface area contributed by atoms with Crippen LogP contribution in [-0.2, 0) is 65.9 Å². The van der Waals surface area contributed by atoms with E-state index in [9.17, 15) is 48.3 Å². The van der Waals surface area contributed by atoms with E-state index in [1.165, 1.54) is 5.56 Å². The van der Waals surface area contributed by atoms with Gasteiger partial charge in [0.2, 0.25) is 17.7 Å². The molecule has 0 radical (unpaired) electrons. The molecule has 1 saturated heterocycles. The molecular weight excluding hydrogens is 1320 g/mol. The number of Topliss-reactive ketones (excluding diaryl/α,β-unsaturated/α-hetero) is 3. The maximum absolute atomic E-state index is 14.5. The molecule has 0 bridgehead atoms. The molecule has 20 nitrogen and oxygen atoms in total. The number of ether oxygens (including phenoxy) is 4. The predicted molar refractivity (Wildman–Crippen MR) is 390 cm³/mol. The molecule has 1 spiro atoms. The van der Waals surface area contributed by atoms with Gasteiger partial charge in [-0.15, -0.1) is 0 Å². The minimum absolute atomic E-state index is 0.0479. The van der Waals surface area contributed by atoms with Gasteiger partial charge in [-0.2, -0.15) is 0 Å². The lowest BCUT2D eigenvalue weighted by Gasteiger charge is -2.31. The molecule has 13 rings (SSSR count). The molecule has 6 aliphatic rings. The zero-order valence-corrected chi connectivity index (χ0v) is 58.7. The molecule has 3 N–H and O–H groups in total. The molecule has 1 unspecified atom stereocenters. The fourth-order valence-electron chi connectivity index (χ4n) is 14.6. The highest BCUT2D eigenvalue weighted by atomic mass is 16.6. The number of aliphatic hydroxyl groups excluding tert-OH is 1. The molecule has 534 valence electrons. The van der Waals surface area contributed by atoms with Crippen LogP contribution < -0.4 is 34.6 Å². The number of benzene rings is 7. The number of carbonyl (C=O) groups excluding carboxylic acids is 9. The summed E-state index contributed by atoms with van der Waals surface area (Å²) in [4.78, 5) is 130. The van der Waals surface area contributed by atoms with Gasteiger partial charge in [0.05, 0.1) is 62.9 Å². The van der Waals surface area contributed by atoms with Crippen molar-refractivity contribution in [3.05, 3.63) is 225 Å². The number of hydrogen-bond acceptors (Lipinski definition) is 14. The quantitative estimate of drug-likeness (QED) is 0.0320. The second-order valence-electron chi connectivity index (χ2n) is 28.1. The number of nitrogens with one attached hydrogen (secondary N) is 2. The maximum atomic E-state index is 14.5. The first-order chi connectivity index (χ1) is 50.4. The van der Waals surface area contributed by atoms with Gasteiger partial charge >= 0.3 is 6.09 Å². The summed E-state index contributed by atoms with van der Waals surface area (Å²) in [6.45, 7) is 4.17. The van der Waals surface area contributed by atoms with E-state index < -0.39 is 41.9 Å². The summed E-state index contributed by atoms with van der Waals surface area (Å²) in [7, 11) is 1.55. The summed E-state index contributed by atoms with van der Waals surface area (Å²) in [5.74, 6) is 4.17. The minimum Gasteiger partial charge on any atom is -0.493 e. The molecule has 5 heterocycles. The lowest BCUT2D eigenvalue weighted by Crippen LogP contribution is -2.50. The van der Waals surface area contributed by atoms with Crippen molar-refractivity contribution in [3.8, 4) is 29.1 Å². The van der Waals surface area contributed by atoms with Crippen LogP contribution in [0.25, 0.3) is 5.57 Å². The third kappa shape index (κ3) is 16.5. The van der Waals surface area contributed by atoms with Crippen molar-refractivity contribution in [2.24, 2.45) is 11.3 Å². The monoisotopic (exact) mass is 1400 g/mol. The Kier molecular flexibility index (Phi) is 21.6. The summed E-state index contributed by atoms with van der Waals surface area (Å²) >= 11 is 0. The average Bonchev–Trinajstić information content (AvgIpc) is 1.56. The molecule has 4 atom stereocenters. The molecule has 0 aromatic heterocycles. The SMILES string of the molecule is COc1cc2c(cc1OCCCOc1cc3c(cc1C)C(=O)N1CC4(CC4)C[C@H]1C(O)N3C(=O)OCc1ccc(CC(=O)CNC(=O)[C@@H](CC(=O)CNC(=O)CCC(=O)CCC(=O)N3Cc4ccccc4C#Cc4ccccc43)Cc3ccccc3)cc1)CC[C@@H]1CC(c3ccc(C)cc3)=CN1C2=O. The van der Waals surface area contributed by atoms with Crippen molar-refractivity contribution in [1.29, 1.82) is 0 Å². The third-order valence-corrected chi connectivity index (χ3v) is 20.6. The van der Waals surface area contributed by atoms with Gasteiger partial charge in [0.1, 0.15) is 18.1 Å². The molecule has 104 heavy (non-hydrogen) atoms. The van der Waals surface area contributed by atoms with Crippen molar-refractivity contribution < 1.29 is 67.2 Å². The van der Waals surface area contributed by atoms with Crippen molar-refractivity contribution in [3.63, 3.8) is 0 Å². The number of ketones is 3. The maximum Gasteiger partial charge on any atom is 0.416 e. The van der Waals surface area contributed by atoms with Crippen molar-refractivity contribution in [2.75, 3.05) is 49.8 Å². The zero-order chi connectivity index (χ0) is 72.6. The zero-order valence-electron chi connectivity index (χ0n) is 58.7. The van der Waals surface area contributed by atoms with E-state index in [-0.39, 0.29) is 136 Å². The van der Waals surface area contributed by atoms with Gasteiger partial charge in [-0.1, -0.05) is 127 Å². The number of fused-ring (bicyclic) bond motifs is 6. The number of aliphatic hydroxyl groups is 1. The fourth-order valence-corrected chi connectivity index (χ4v) is 14.6. The number of aryl methyl sites for hydroxylation is 3. The highest BCUT2D eigenvalue weighted by Crippen LogP contribution is 2.57. The van der Waals surface area contributed by atoms with Gasteiger partial charge in [-0.05, 0) is 145 Å². The molecule has 5 aliphatic heterocycles.